The van der Waals surface area contributed by atoms with Crippen molar-refractivity contribution in [3.8, 4) is 0 Å². The summed E-state index contributed by atoms with van der Waals surface area (Å²) in [7, 11) is 3.00. The minimum Gasteiger partial charge on any atom is -0.445 e. The molecule has 10 heteroatoms. The number of methoxy groups -OCH3 is 2. The maximum absolute atomic E-state index is 12.1. The molecule has 2 fully saturated rings. The van der Waals surface area contributed by atoms with Gasteiger partial charge in [0.15, 0.2) is 12.2 Å². The zero-order valence-electron chi connectivity index (χ0n) is 21.1. The second-order valence-corrected chi connectivity index (χ2v) is 8.76. The molecule has 3 amide bonds. The monoisotopic (exact) mass is 484 g/mol. The summed E-state index contributed by atoms with van der Waals surface area (Å²) in [5.74, 6) is -0.242. The Hall–Kier alpha value is -2.17. The van der Waals surface area contributed by atoms with Crippen molar-refractivity contribution in [2.75, 3.05) is 20.8 Å². The SMILES string of the molecule is C=CCOC(=O)N[C@@H](CCC)C(OC)C(=O)NC1CC1.CCC[C@H](N)C(OC)C(=O)NC1CC1. The molecule has 2 aliphatic rings. The number of nitrogens with two attached hydrogens (primary N) is 1. The molecule has 2 rings (SSSR count). The Balaban J connectivity index is 0.000000362. The molecular formula is C24H44N4O6. The van der Waals surface area contributed by atoms with E-state index in [4.69, 9.17) is 19.9 Å². The molecule has 0 aliphatic heterocycles. The molecule has 4 atom stereocenters. The summed E-state index contributed by atoms with van der Waals surface area (Å²) >= 11 is 0. The predicted octanol–water partition coefficient (Wildman–Crippen LogP) is 1.77. The van der Waals surface area contributed by atoms with E-state index in [-0.39, 0.29) is 30.5 Å². The van der Waals surface area contributed by atoms with Crippen molar-refractivity contribution in [3.05, 3.63) is 12.7 Å². The van der Waals surface area contributed by atoms with Gasteiger partial charge in [0.2, 0.25) is 0 Å². The number of hydrogen-bond acceptors (Lipinski definition) is 7. The van der Waals surface area contributed by atoms with Gasteiger partial charge >= 0.3 is 6.09 Å². The van der Waals surface area contributed by atoms with Gasteiger partial charge in [-0.2, -0.15) is 0 Å². The Labute approximate surface area is 203 Å². The summed E-state index contributed by atoms with van der Waals surface area (Å²) in [4.78, 5) is 35.3. The van der Waals surface area contributed by atoms with Crippen LogP contribution in [0.15, 0.2) is 12.7 Å². The Morgan fingerprint density at radius 3 is 1.85 bits per heavy atom. The van der Waals surface area contributed by atoms with Crippen molar-refractivity contribution >= 4 is 17.9 Å². The van der Waals surface area contributed by atoms with Crippen LogP contribution >= 0.6 is 0 Å². The third kappa shape index (κ3) is 11.8. The average Bonchev–Trinajstić information content (AvgIpc) is 3.72. The van der Waals surface area contributed by atoms with Crippen molar-refractivity contribution in [3.63, 3.8) is 0 Å². The zero-order valence-corrected chi connectivity index (χ0v) is 21.1. The van der Waals surface area contributed by atoms with Crippen LogP contribution in [0.25, 0.3) is 0 Å². The molecular weight excluding hydrogens is 440 g/mol. The first-order valence-electron chi connectivity index (χ1n) is 12.3. The van der Waals surface area contributed by atoms with Gasteiger partial charge in [-0.15, -0.1) is 0 Å². The molecule has 0 spiro atoms. The third-order valence-electron chi connectivity index (χ3n) is 5.48. The molecule has 2 unspecified atom stereocenters. The standard InChI is InChI=1S/C14H24N2O4.C10H20N2O2/c1-4-6-11(16-14(18)20-9-5-2)12(19-3)13(17)15-10-7-8-10;1-3-4-8(11)9(14-2)10(13)12-7-5-6-7/h5,10-12H,2,4,6-9H2,1,3H3,(H,15,17)(H,16,18);7-9H,3-6,11H2,1-2H3,(H,12,13)/t11-,12?;8-,9?/m00/s1. The second-order valence-electron chi connectivity index (χ2n) is 8.76. The molecule has 2 saturated carbocycles. The van der Waals surface area contributed by atoms with Crippen LogP contribution in [0.5, 0.6) is 0 Å². The van der Waals surface area contributed by atoms with Gasteiger partial charge in [-0.3, -0.25) is 9.59 Å². The molecule has 0 aromatic heterocycles. The molecule has 5 N–H and O–H groups in total. The average molecular weight is 485 g/mol. The molecule has 0 aromatic carbocycles. The Kier molecular flexibility index (Phi) is 14.5. The summed E-state index contributed by atoms with van der Waals surface area (Å²) in [5, 5.41) is 8.47. The lowest BCUT2D eigenvalue weighted by atomic mass is 10.1. The molecule has 0 saturated heterocycles. The third-order valence-corrected chi connectivity index (χ3v) is 5.48. The van der Waals surface area contributed by atoms with Gasteiger partial charge in [0.05, 0.1) is 6.04 Å². The highest BCUT2D eigenvalue weighted by atomic mass is 16.5. The normalized spacial score (nSPS) is 18.3. The van der Waals surface area contributed by atoms with E-state index in [9.17, 15) is 14.4 Å². The fourth-order valence-electron chi connectivity index (χ4n) is 3.37. The van der Waals surface area contributed by atoms with Crippen LogP contribution in [0, 0.1) is 0 Å². The topological polar surface area (TPSA) is 141 Å². The molecule has 0 bridgehead atoms. The van der Waals surface area contributed by atoms with Crippen LogP contribution in [-0.2, 0) is 23.8 Å². The first kappa shape index (κ1) is 29.9. The summed E-state index contributed by atoms with van der Waals surface area (Å²) in [6.07, 6.45) is 7.17. The second kappa shape index (κ2) is 16.5. The smallest absolute Gasteiger partial charge is 0.407 e. The van der Waals surface area contributed by atoms with Gasteiger partial charge in [0.25, 0.3) is 11.8 Å². The van der Waals surface area contributed by atoms with Crippen LogP contribution in [0.3, 0.4) is 0 Å². The Bertz CT molecular complexity index is 639. The van der Waals surface area contributed by atoms with E-state index in [2.05, 4.69) is 22.5 Å². The number of alkyl carbamates (subject to hydrolysis) is 1. The Morgan fingerprint density at radius 1 is 0.941 bits per heavy atom. The maximum atomic E-state index is 12.1. The van der Waals surface area contributed by atoms with E-state index in [0.29, 0.717) is 12.5 Å². The summed E-state index contributed by atoms with van der Waals surface area (Å²) in [5.41, 5.74) is 5.85. The summed E-state index contributed by atoms with van der Waals surface area (Å²) in [6, 6.07) is 0.0361. The lowest BCUT2D eigenvalue weighted by molar-refractivity contribution is -0.133. The lowest BCUT2D eigenvalue weighted by Crippen LogP contribution is -2.52. The van der Waals surface area contributed by atoms with Gasteiger partial charge in [-0.25, -0.2) is 4.79 Å². The number of rotatable bonds is 15. The molecule has 0 radical (unpaired) electrons. The molecule has 34 heavy (non-hydrogen) atoms. The van der Waals surface area contributed by atoms with Crippen LogP contribution in [0.4, 0.5) is 4.79 Å². The lowest BCUT2D eigenvalue weighted by Gasteiger charge is -2.25. The van der Waals surface area contributed by atoms with E-state index in [1.807, 2.05) is 13.8 Å². The number of carbonyl (C=O) groups is 3. The highest BCUT2D eigenvalue weighted by molar-refractivity contribution is 5.83. The predicted molar refractivity (Wildman–Crippen MR) is 130 cm³/mol. The summed E-state index contributed by atoms with van der Waals surface area (Å²) < 4.78 is 15.3. The van der Waals surface area contributed by atoms with E-state index >= 15 is 0 Å². The van der Waals surface area contributed by atoms with E-state index in [1.54, 1.807) is 0 Å². The van der Waals surface area contributed by atoms with Crippen LogP contribution in [-0.4, -0.2) is 75.1 Å². The molecule has 196 valence electrons. The molecule has 0 heterocycles. The van der Waals surface area contributed by atoms with Gasteiger partial charge < -0.3 is 35.9 Å². The van der Waals surface area contributed by atoms with Crippen LogP contribution in [0.2, 0.25) is 0 Å². The number of hydrogen-bond donors (Lipinski definition) is 4. The number of carbonyl (C=O) groups excluding carboxylic acids is 3. The minimum absolute atomic E-state index is 0.0593. The number of nitrogens with one attached hydrogen (secondary N) is 3. The quantitative estimate of drug-likeness (QED) is 0.260. The van der Waals surface area contributed by atoms with Crippen LogP contribution < -0.4 is 21.7 Å². The van der Waals surface area contributed by atoms with Crippen molar-refractivity contribution in [2.24, 2.45) is 5.73 Å². The zero-order chi connectivity index (χ0) is 25.5. The number of ether oxygens (including phenoxy) is 3. The fourth-order valence-corrected chi connectivity index (χ4v) is 3.37. The minimum atomic E-state index is -0.702. The van der Waals surface area contributed by atoms with Gasteiger partial charge in [0.1, 0.15) is 6.61 Å². The highest BCUT2D eigenvalue weighted by Gasteiger charge is 2.33. The van der Waals surface area contributed by atoms with E-state index in [1.165, 1.54) is 20.3 Å². The first-order valence-corrected chi connectivity index (χ1v) is 12.3. The van der Waals surface area contributed by atoms with Gasteiger partial charge in [-0.05, 0) is 38.5 Å². The highest BCUT2D eigenvalue weighted by Crippen LogP contribution is 2.20. The first-order chi connectivity index (χ1) is 16.3. The molecule has 10 nitrogen and oxygen atoms in total. The maximum Gasteiger partial charge on any atom is 0.407 e. The van der Waals surface area contributed by atoms with Gasteiger partial charge in [0, 0.05) is 32.3 Å². The van der Waals surface area contributed by atoms with Crippen molar-refractivity contribution < 1.29 is 28.6 Å². The van der Waals surface area contributed by atoms with Gasteiger partial charge in [-0.1, -0.05) is 39.3 Å². The van der Waals surface area contributed by atoms with Crippen LogP contribution in [0.1, 0.15) is 65.2 Å². The molecule has 2 aliphatic carbocycles. The van der Waals surface area contributed by atoms with Crippen molar-refractivity contribution in [1.29, 1.82) is 0 Å². The van der Waals surface area contributed by atoms with Crippen molar-refractivity contribution in [2.45, 2.75) is 102 Å². The number of amides is 3. The van der Waals surface area contributed by atoms with E-state index < -0.39 is 24.3 Å². The van der Waals surface area contributed by atoms with E-state index in [0.717, 1.165) is 44.9 Å². The fraction of sp³-hybridized carbons (Fsp3) is 0.792. The van der Waals surface area contributed by atoms with Crippen molar-refractivity contribution in [1.82, 2.24) is 16.0 Å². The Morgan fingerprint density at radius 2 is 1.44 bits per heavy atom. The molecule has 0 aromatic rings. The largest absolute Gasteiger partial charge is 0.445 e. The summed E-state index contributed by atoms with van der Waals surface area (Å²) in [6.45, 7) is 7.64.